The van der Waals surface area contributed by atoms with E-state index in [9.17, 15) is 0 Å². The van der Waals surface area contributed by atoms with E-state index in [0.29, 0.717) is 0 Å². The van der Waals surface area contributed by atoms with Crippen LogP contribution < -0.4 is 4.90 Å². The van der Waals surface area contributed by atoms with Crippen LogP contribution >= 0.6 is 0 Å². The molecular formula is C46H39N3. The monoisotopic (exact) mass is 633 g/mol. The van der Waals surface area contributed by atoms with Crippen molar-refractivity contribution in [1.82, 2.24) is 9.55 Å². The van der Waals surface area contributed by atoms with Crippen molar-refractivity contribution < 1.29 is 0 Å². The molecule has 5 aromatic carbocycles. The van der Waals surface area contributed by atoms with Crippen LogP contribution in [0.5, 0.6) is 0 Å². The molecule has 0 N–H and O–H groups in total. The van der Waals surface area contributed by atoms with Gasteiger partial charge in [0.25, 0.3) is 0 Å². The number of para-hydroxylation sites is 1. The Hall–Kier alpha value is -5.67. The van der Waals surface area contributed by atoms with Crippen LogP contribution in [0.15, 0.2) is 158 Å². The van der Waals surface area contributed by atoms with Gasteiger partial charge < -0.3 is 4.90 Å². The predicted octanol–water partition coefficient (Wildman–Crippen LogP) is 11.7. The zero-order valence-corrected chi connectivity index (χ0v) is 28.4. The molecule has 0 saturated carbocycles. The van der Waals surface area contributed by atoms with E-state index in [1.807, 2.05) is 0 Å². The van der Waals surface area contributed by atoms with Gasteiger partial charge in [-0.2, -0.15) is 0 Å². The molecule has 49 heavy (non-hydrogen) atoms. The highest BCUT2D eigenvalue weighted by Crippen LogP contribution is 2.55. The molecule has 2 aromatic heterocycles. The molecule has 0 fully saturated rings. The van der Waals surface area contributed by atoms with Gasteiger partial charge in [0.1, 0.15) is 5.82 Å². The van der Waals surface area contributed by atoms with E-state index in [2.05, 4.69) is 195 Å². The average Bonchev–Trinajstić information content (AvgIpc) is 3.61. The van der Waals surface area contributed by atoms with Gasteiger partial charge in [0.2, 0.25) is 0 Å². The van der Waals surface area contributed by atoms with E-state index in [0.717, 1.165) is 28.2 Å². The fourth-order valence-corrected chi connectivity index (χ4v) is 8.02. The lowest BCUT2D eigenvalue weighted by atomic mass is 9.76. The Morgan fingerprint density at radius 3 is 2.08 bits per heavy atom. The van der Waals surface area contributed by atoms with Gasteiger partial charge in [0.15, 0.2) is 0 Å². The molecule has 0 spiro atoms. The first-order valence-corrected chi connectivity index (χ1v) is 17.3. The Balaban J connectivity index is 1.38. The molecule has 0 saturated heterocycles. The number of fused-ring (bicyclic) bond motifs is 7. The van der Waals surface area contributed by atoms with Crippen LogP contribution in [0.1, 0.15) is 38.8 Å². The number of nitrogens with zero attached hydrogens (tertiary/aromatic N) is 3. The van der Waals surface area contributed by atoms with Crippen LogP contribution in [0, 0.1) is 0 Å². The van der Waals surface area contributed by atoms with Crippen LogP contribution in [0.3, 0.4) is 0 Å². The summed E-state index contributed by atoms with van der Waals surface area (Å²) in [5.41, 5.74) is 11.7. The van der Waals surface area contributed by atoms with Crippen LogP contribution in [0.4, 0.5) is 11.4 Å². The number of hydrogen-bond acceptors (Lipinski definition) is 2. The molecule has 3 heteroatoms. The summed E-state index contributed by atoms with van der Waals surface area (Å²) in [7, 11) is 0. The summed E-state index contributed by atoms with van der Waals surface area (Å²) in [5, 5.41) is 2.46. The fraction of sp³-hybridized carbons (Fsp3) is 0.152. The lowest BCUT2D eigenvalue weighted by Crippen LogP contribution is -2.39. The fourth-order valence-electron chi connectivity index (χ4n) is 8.02. The topological polar surface area (TPSA) is 21.1 Å². The molecule has 3 nitrogen and oxygen atoms in total. The minimum absolute atomic E-state index is 0.0784. The van der Waals surface area contributed by atoms with E-state index in [-0.39, 0.29) is 16.9 Å². The third-order valence-electron chi connectivity index (χ3n) is 10.6. The maximum absolute atomic E-state index is 5.46. The second kappa shape index (κ2) is 10.9. The average molecular weight is 634 g/mol. The highest BCUT2D eigenvalue weighted by molar-refractivity contribution is 6.15. The van der Waals surface area contributed by atoms with Crippen molar-refractivity contribution >= 4 is 33.2 Å². The van der Waals surface area contributed by atoms with E-state index in [1.54, 1.807) is 0 Å². The number of rotatable bonds is 4. The molecule has 0 bridgehead atoms. The maximum atomic E-state index is 5.46. The van der Waals surface area contributed by atoms with Crippen LogP contribution in [0.2, 0.25) is 0 Å². The number of anilines is 2. The summed E-state index contributed by atoms with van der Waals surface area (Å²) in [6.07, 6.45) is 9.18. The Bertz CT molecular complexity index is 2370. The summed E-state index contributed by atoms with van der Waals surface area (Å²) in [6.45, 7) is 9.23. The van der Waals surface area contributed by atoms with E-state index < -0.39 is 0 Å². The van der Waals surface area contributed by atoms with Crippen molar-refractivity contribution in [3.8, 4) is 28.2 Å². The molecule has 238 valence electrons. The Morgan fingerprint density at radius 2 is 1.35 bits per heavy atom. The molecule has 2 aliphatic rings. The molecular weight excluding hydrogens is 595 g/mol. The largest absolute Gasteiger partial charge is 0.331 e. The smallest absolute Gasteiger partial charge is 0.138 e. The summed E-state index contributed by atoms with van der Waals surface area (Å²) in [4.78, 5) is 8.04. The zero-order chi connectivity index (χ0) is 33.3. The highest BCUT2D eigenvalue weighted by Gasteiger charge is 2.48. The Morgan fingerprint density at radius 1 is 0.653 bits per heavy atom. The summed E-state index contributed by atoms with van der Waals surface area (Å²) in [6, 6.07) is 48.6. The van der Waals surface area contributed by atoms with Gasteiger partial charge in [0.05, 0.1) is 28.5 Å². The number of hydrogen-bond donors (Lipinski definition) is 0. The second-order valence-corrected chi connectivity index (χ2v) is 14.7. The third kappa shape index (κ3) is 4.60. The first kappa shape index (κ1) is 29.5. The van der Waals surface area contributed by atoms with Gasteiger partial charge >= 0.3 is 0 Å². The third-order valence-corrected chi connectivity index (χ3v) is 10.6. The molecule has 1 aliphatic carbocycles. The Labute approximate surface area is 288 Å². The molecule has 1 aliphatic heterocycles. The minimum atomic E-state index is -0.198. The van der Waals surface area contributed by atoms with Gasteiger partial charge in [-0.25, -0.2) is 4.98 Å². The van der Waals surface area contributed by atoms with Gasteiger partial charge in [0, 0.05) is 27.4 Å². The van der Waals surface area contributed by atoms with Crippen molar-refractivity contribution in [3.05, 3.63) is 169 Å². The first-order valence-electron chi connectivity index (χ1n) is 17.3. The number of benzene rings is 5. The first-order chi connectivity index (χ1) is 23.8. The quantitative estimate of drug-likeness (QED) is 0.192. The van der Waals surface area contributed by atoms with Crippen molar-refractivity contribution in [2.75, 3.05) is 4.90 Å². The van der Waals surface area contributed by atoms with E-state index in [1.165, 1.54) is 44.4 Å². The summed E-state index contributed by atoms with van der Waals surface area (Å²) >= 11 is 0. The zero-order valence-electron chi connectivity index (χ0n) is 28.4. The highest BCUT2D eigenvalue weighted by atomic mass is 15.2. The van der Waals surface area contributed by atoms with Crippen molar-refractivity contribution in [1.29, 1.82) is 0 Å². The van der Waals surface area contributed by atoms with Crippen LogP contribution in [-0.4, -0.2) is 15.6 Å². The van der Waals surface area contributed by atoms with Crippen molar-refractivity contribution in [2.45, 2.75) is 44.6 Å². The minimum Gasteiger partial charge on any atom is -0.331 e. The maximum Gasteiger partial charge on any atom is 0.138 e. The van der Waals surface area contributed by atoms with E-state index in [4.69, 9.17) is 4.98 Å². The predicted molar refractivity (Wildman–Crippen MR) is 206 cm³/mol. The molecule has 3 heterocycles. The second-order valence-electron chi connectivity index (χ2n) is 14.7. The van der Waals surface area contributed by atoms with Crippen LogP contribution in [0.25, 0.3) is 50.0 Å². The standard InChI is InChI=1S/C46H39N3/c1-45(2,3)34-22-24-35(25-23-34)48-41-21-13-14-28-46(41,4)38-27-26-37-36-19-11-12-20-40(36)49(43(37)44(38)48)42-30-33(31-15-7-5-8-16-31)29-39(47-42)32-17-9-6-10-18-32/h5-30,41H,1-4H3. The number of allylic oxidation sites excluding steroid dienone is 2. The number of pyridine rings is 1. The summed E-state index contributed by atoms with van der Waals surface area (Å²) < 4.78 is 2.42. The molecule has 0 amide bonds. The van der Waals surface area contributed by atoms with Crippen LogP contribution in [-0.2, 0) is 10.8 Å². The SMILES string of the molecule is CC(C)(C)c1ccc(N2c3c(ccc4c5ccccc5n(-c5cc(-c6ccccc6)cc(-c6ccccc6)n5)c34)C3(C)C=CC=CC23)cc1. The van der Waals surface area contributed by atoms with Gasteiger partial charge in [-0.05, 0) is 64.9 Å². The summed E-state index contributed by atoms with van der Waals surface area (Å²) in [5.74, 6) is 0.911. The Kier molecular flexibility index (Phi) is 6.57. The van der Waals surface area contributed by atoms with Crippen molar-refractivity contribution in [2.24, 2.45) is 0 Å². The molecule has 9 rings (SSSR count). The van der Waals surface area contributed by atoms with E-state index >= 15 is 0 Å². The normalized spacial score (nSPS) is 18.3. The molecule has 2 unspecified atom stereocenters. The van der Waals surface area contributed by atoms with Gasteiger partial charge in [-0.1, -0.05) is 148 Å². The molecule has 7 aromatic rings. The lowest BCUT2D eigenvalue weighted by molar-refractivity contribution is 0.550. The van der Waals surface area contributed by atoms with Gasteiger partial charge in [-0.15, -0.1) is 0 Å². The van der Waals surface area contributed by atoms with Crippen molar-refractivity contribution in [3.63, 3.8) is 0 Å². The molecule has 2 atom stereocenters. The van der Waals surface area contributed by atoms with Gasteiger partial charge in [-0.3, -0.25) is 4.57 Å². The number of aromatic nitrogens is 2. The molecule has 0 radical (unpaired) electrons. The lowest BCUT2D eigenvalue weighted by Gasteiger charge is -2.35.